The molecule has 0 radical (unpaired) electrons. The van der Waals surface area contributed by atoms with Crippen LogP contribution in [0.25, 0.3) is 23.3 Å². The summed E-state index contributed by atoms with van der Waals surface area (Å²) in [7, 11) is -4.51. The summed E-state index contributed by atoms with van der Waals surface area (Å²) >= 11 is 12.9. The van der Waals surface area contributed by atoms with Crippen molar-refractivity contribution in [1.82, 2.24) is 38.1 Å². The number of aliphatic hydroxyl groups excluding tert-OH is 2. The van der Waals surface area contributed by atoms with Crippen molar-refractivity contribution in [2.45, 2.75) is 75.4 Å². The van der Waals surface area contributed by atoms with Crippen LogP contribution in [0.3, 0.4) is 0 Å². The largest absolute Gasteiger partial charge is 0.387 e. The molecule has 0 saturated carbocycles. The van der Waals surface area contributed by atoms with E-state index in [9.17, 15) is 27.0 Å². The molecule has 2 aliphatic heterocycles. The molecule has 4 aliphatic rings. The number of piperidine rings is 2. The summed E-state index contributed by atoms with van der Waals surface area (Å²) in [4.78, 5) is 21.1. The van der Waals surface area contributed by atoms with Gasteiger partial charge in [-0.2, -0.15) is 0 Å². The maximum atomic E-state index is 12.1. The molecule has 2 fully saturated rings. The molecule has 6 aromatic rings. The Morgan fingerprint density at radius 1 is 0.690 bits per heavy atom. The van der Waals surface area contributed by atoms with E-state index in [0.717, 1.165) is 81.6 Å². The van der Waals surface area contributed by atoms with Gasteiger partial charge in [0.2, 0.25) is 20.0 Å². The lowest BCUT2D eigenvalue weighted by atomic mass is 9.76. The SMILES string of the molecule is CS(=O)(=O)N1CCC(C2c3ccc(Cl)cc3C=C(CCC(O)c3cnc[nH]3)c3cccnc32)CC1.Cn1cnc(C(O)CCC2=Cc3cc(Cl)ccc3C(C3CCN(S(C)(=O)=O)CC3)c3ncccc32)c1. The minimum absolute atomic E-state index is 0.0321. The normalized spacial score (nSPS) is 19.9. The highest BCUT2D eigenvalue weighted by Crippen LogP contribution is 2.48. The highest BCUT2D eigenvalue weighted by Gasteiger charge is 2.38. The van der Waals surface area contributed by atoms with E-state index in [1.807, 2.05) is 66.6 Å². The van der Waals surface area contributed by atoms with Crippen LogP contribution in [0.15, 0.2) is 98.1 Å². The van der Waals surface area contributed by atoms with Crippen LogP contribution >= 0.6 is 23.2 Å². The van der Waals surface area contributed by atoms with E-state index in [1.165, 1.54) is 12.5 Å². The van der Waals surface area contributed by atoms with E-state index in [0.29, 0.717) is 73.3 Å². The standard InChI is InChI=1S/C27H31ClN4O3S.C26H29ClN4O3S/c1-31-16-24(30-17-31)25(33)8-5-19-14-20-15-21(28)6-7-22(20)26(27-23(19)4-3-11-29-27)18-9-12-32(13-10-18)36(2,34)35;1-35(33,34)31-11-8-17(9-12-31)25-21-6-5-20(27)14-19(21)13-18(22-3-2-10-29-26(22)25)4-7-24(32)23-15-28-16-30-23/h3-4,6-7,11,14-18,25-26,33H,5,8-10,12-13H2,1-2H3;2-3,5-6,10,13-17,24-25,32H,4,7-9,11-12H2,1H3,(H,28,30). The van der Waals surface area contributed by atoms with Crippen molar-refractivity contribution in [1.29, 1.82) is 0 Å². The summed E-state index contributed by atoms with van der Waals surface area (Å²) in [5.41, 5.74) is 12.2. The first-order chi connectivity index (χ1) is 34.0. The van der Waals surface area contributed by atoms with E-state index < -0.39 is 32.3 Å². The van der Waals surface area contributed by atoms with Crippen LogP contribution in [0.4, 0.5) is 0 Å². The number of aromatic nitrogens is 6. The van der Waals surface area contributed by atoms with Gasteiger partial charge in [0.05, 0.1) is 66.3 Å². The fourth-order valence-corrected chi connectivity index (χ4v) is 13.1. The third kappa shape index (κ3) is 11.6. The molecule has 0 spiro atoms. The number of nitrogens with one attached hydrogen (secondary N) is 1. The number of hydrogen-bond acceptors (Lipinski definition) is 10. The highest BCUT2D eigenvalue weighted by molar-refractivity contribution is 7.88. The van der Waals surface area contributed by atoms with E-state index in [4.69, 9.17) is 33.2 Å². The maximum absolute atomic E-state index is 12.1. The van der Waals surface area contributed by atoms with Gasteiger partial charge in [0, 0.05) is 73.7 Å². The zero-order chi connectivity index (χ0) is 50.0. The van der Waals surface area contributed by atoms with Gasteiger partial charge >= 0.3 is 0 Å². The molecule has 0 amide bonds. The summed E-state index contributed by atoms with van der Waals surface area (Å²) in [6, 6.07) is 20.1. The molecule has 14 nitrogen and oxygen atoms in total. The zero-order valence-electron chi connectivity index (χ0n) is 40.1. The number of imidazole rings is 2. The van der Waals surface area contributed by atoms with Gasteiger partial charge in [0.1, 0.15) is 0 Å². The smallest absolute Gasteiger partial charge is 0.211 e. The topological polar surface area (TPSA) is 188 Å². The first-order valence-corrected chi connectivity index (χ1v) is 28.6. The first kappa shape index (κ1) is 50.9. The molecule has 10 rings (SSSR count). The van der Waals surface area contributed by atoms with Crippen molar-refractivity contribution in [2.75, 3.05) is 38.7 Å². The molecule has 71 heavy (non-hydrogen) atoms. The van der Waals surface area contributed by atoms with Crippen molar-refractivity contribution in [2.24, 2.45) is 18.9 Å². The molecule has 18 heteroatoms. The third-order valence-corrected chi connectivity index (χ3v) is 17.7. The molecular formula is C53H60Cl2N8O6S2. The molecule has 4 unspecified atom stereocenters. The monoisotopic (exact) mass is 1040 g/mol. The number of benzene rings is 2. The number of allylic oxidation sites excluding steroid dienone is 2. The number of nitrogens with zero attached hydrogens (tertiary/aromatic N) is 7. The van der Waals surface area contributed by atoms with Crippen molar-refractivity contribution in [3.05, 3.63) is 164 Å². The van der Waals surface area contributed by atoms with Gasteiger partial charge in [0.15, 0.2) is 0 Å². The quantitative estimate of drug-likeness (QED) is 0.107. The Kier molecular flexibility index (Phi) is 15.5. The number of hydrogen-bond donors (Lipinski definition) is 3. The first-order valence-electron chi connectivity index (χ1n) is 24.1. The van der Waals surface area contributed by atoms with Crippen LogP contribution in [-0.4, -0.2) is 104 Å². The highest BCUT2D eigenvalue weighted by atomic mass is 35.5. The number of pyridine rings is 2. The van der Waals surface area contributed by atoms with Crippen LogP contribution in [0.2, 0.25) is 10.0 Å². The molecule has 0 bridgehead atoms. The molecule has 3 N–H and O–H groups in total. The van der Waals surface area contributed by atoms with Crippen molar-refractivity contribution in [3.8, 4) is 0 Å². The van der Waals surface area contributed by atoms with Crippen molar-refractivity contribution >= 4 is 66.5 Å². The van der Waals surface area contributed by atoms with Gasteiger partial charge in [0.25, 0.3) is 0 Å². The predicted molar refractivity (Wildman–Crippen MR) is 279 cm³/mol. The Labute approximate surface area is 426 Å². The van der Waals surface area contributed by atoms with Gasteiger partial charge in [-0.15, -0.1) is 0 Å². The fraction of sp³-hybridized carbons (Fsp3) is 0.396. The molecular weight excluding hydrogens is 980 g/mol. The Balaban J connectivity index is 0.000000176. The number of aromatic amines is 1. The lowest BCUT2D eigenvalue weighted by Crippen LogP contribution is -2.39. The van der Waals surface area contributed by atoms with Crippen LogP contribution in [0, 0.1) is 11.8 Å². The summed E-state index contributed by atoms with van der Waals surface area (Å²) in [6.07, 6.45) is 21.5. The fourth-order valence-electron chi connectivity index (χ4n) is 11.0. The van der Waals surface area contributed by atoms with Gasteiger partial charge in [-0.3, -0.25) is 9.97 Å². The summed E-state index contributed by atoms with van der Waals surface area (Å²) in [5.74, 6) is 0.574. The maximum Gasteiger partial charge on any atom is 0.211 e. The van der Waals surface area contributed by atoms with E-state index in [1.54, 1.807) is 27.5 Å². The molecule has 2 aliphatic carbocycles. The molecule has 2 saturated heterocycles. The third-order valence-electron chi connectivity index (χ3n) is 14.6. The van der Waals surface area contributed by atoms with Crippen LogP contribution in [-0.2, 0) is 27.1 Å². The lowest BCUT2D eigenvalue weighted by molar-refractivity contribution is 0.165. The average molecular weight is 1040 g/mol. The number of H-pyrrole nitrogens is 1. The average Bonchev–Trinajstić information content (AvgIpc) is 4.01. The lowest BCUT2D eigenvalue weighted by Gasteiger charge is -2.35. The Hall–Kier alpha value is -5.04. The Morgan fingerprint density at radius 2 is 1.17 bits per heavy atom. The van der Waals surface area contributed by atoms with Crippen molar-refractivity contribution in [3.63, 3.8) is 0 Å². The molecule has 4 aromatic heterocycles. The van der Waals surface area contributed by atoms with E-state index in [-0.39, 0.29) is 23.7 Å². The van der Waals surface area contributed by atoms with Crippen LogP contribution in [0.1, 0.15) is 132 Å². The van der Waals surface area contributed by atoms with Crippen LogP contribution < -0.4 is 0 Å². The Morgan fingerprint density at radius 3 is 1.59 bits per heavy atom. The summed E-state index contributed by atoms with van der Waals surface area (Å²) < 4.78 is 53.3. The van der Waals surface area contributed by atoms with E-state index in [2.05, 4.69) is 51.4 Å². The van der Waals surface area contributed by atoms with Gasteiger partial charge < -0.3 is 19.8 Å². The van der Waals surface area contributed by atoms with E-state index >= 15 is 0 Å². The number of fused-ring (bicyclic) bond motifs is 4. The van der Waals surface area contributed by atoms with Crippen LogP contribution in [0.5, 0.6) is 0 Å². The number of halogens is 2. The predicted octanol–water partition coefficient (Wildman–Crippen LogP) is 9.27. The summed E-state index contributed by atoms with van der Waals surface area (Å²) in [6.45, 7) is 2.06. The number of sulfonamides is 2. The minimum atomic E-state index is -3.20. The number of aryl methyl sites for hydroxylation is 1. The number of aliphatic hydroxyl groups is 2. The second-order valence-corrected chi connectivity index (χ2v) is 24.1. The van der Waals surface area contributed by atoms with Gasteiger partial charge in [-0.25, -0.2) is 35.4 Å². The van der Waals surface area contributed by atoms with Gasteiger partial charge in [-0.1, -0.05) is 59.6 Å². The Bertz CT molecular complexity index is 3150. The van der Waals surface area contributed by atoms with Gasteiger partial charge in [-0.05, 0) is 144 Å². The van der Waals surface area contributed by atoms with Crippen molar-refractivity contribution < 1.29 is 27.0 Å². The minimum Gasteiger partial charge on any atom is -0.387 e. The molecule has 2 aromatic carbocycles. The number of rotatable bonds is 12. The molecule has 374 valence electrons. The second-order valence-electron chi connectivity index (χ2n) is 19.3. The molecule has 4 atom stereocenters. The summed E-state index contributed by atoms with van der Waals surface area (Å²) in [5, 5.41) is 22.8. The second kappa shape index (κ2) is 21.6. The molecule has 6 heterocycles. The zero-order valence-corrected chi connectivity index (χ0v) is 43.2.